The summed E-state index contributed by atoms with van der Waals surface area (Å²) in [5.41, 5.74) is 5.81. The van der Waals surface area contributed by atoms with Crippen LogP contribution in [0.15, 0.2) is 6.20 Å². The molecule has 2 N–H and O–H groups in total. The van der Waals surface area contributed by atoms with E-state index in [4.69, 9.17) is 5.73 Å². The molecule has 0 bridgehead atoms. The predicted molar refractivity (Wildman–Crippen MR) is 66.9 cm³/mol. The second kappa shape index (κ2) is 6.18. The Labute approximate surface area is 114 Å². The molecule has 8 heteroatoms. The molecule has 1 aromatic rings. The molecule has 1 aliphatic heterocycles. The first-order valence-electron chi connectivity index (χ1n) is 5.45. The van der Waals surface area contributed by atoms with Crippen molar-refractivity contribution >= 4 is 23.7 Å². The maximum absolute atomic E-state index is 12.4. The first kappa shape index (κ1) is 15.7. The molecular weight excluding hydrogens is 287 g/mol. The molecule has 18 heavy (non-hydrogen) atoms. The number of nitrogens with two attached hydrogens (primary N) is 1. The van der Waals surface area contributed by atoms with Crippen LogP contribution in [-0.4, -0.2) is 29.0 Å². The summed E-state index contributed by atoms with van der Waals surface area (Å²) in [5.74, 6) is 0. The fourth-order valence-corrected chi connectivity index (χ4v) is 2.77. The zero-order valence-corrected chi connectivity index (χ0v) is 11.2. The maximum atomic E-state index is 12.4. The van der Waals surface area contributed by atoms with Crippen LogP contribution >= 0.6 is 23.7 Å². The summed E-state index contributed by atoms with van der Waals surface area (Å²) in [6, 6.07) is 0.130. The third kappa shape index (κ3) is 4.08. The number of piperidine rings is 1. The molecular formula is C10H15ClF3N3S. The molecule has 0 spiro atoms. The highest BCUT2D eigenvalue weighted by Gasteiger charge is 2.33. The Kier molecular flexibility index (Phi) is 5.39. The van der Waals surface area contributed by atoms with Gasteiger partial charge in [-0.25, -0.2) is 4.98 Å². The summed E-state index contributed by atoms with van der Waals surface area (Å²) in [6.45, 7) is 2.09. The van der Waals surface area contributed by atoms with E-state index in [2.05, 4.69) is 9.88 Å². The van der Waals surface area contributed by atoms with Crippen LogP contribution in [0.3, 0.4) is 0 Å². The van der Waals surface area contributed by atoms with Crippen molar-refractivity contribution in [3.63, 3.8) is 0 Å². The summed E-state index contributed by atoms with van der Waals surface area (Å²) in [6.07, 6.45) is -1.39. The van der Waals surface area contributed by atoms with Gasteiger partial charge >= 0.3 is 6.18 Å². The van der Waals surface area contributed by atoms with E-state index in [-0.39, 0.29) is 18.4 Å². The number of halogens is 4. The third-order valence-electron chi connectivity index (χ3n) is 2.73. The van der Waals surface area contributed by atoms with Gasteiger partial charge in [0.15, 0.2) is 0 Å². The highest BCUT2D eigenvalue weighted by atomic mass is 35.5. The van der Waals surface area contributed by atoms with Gasteiger partial charge in [-0.1, -0.05) is 0 Å². The molecule has 0 radical (unpaired) electrons. The minimum Gasteiger partial charge on any atom is -0.327 e. The molecule has 1 fully saturated rings. The number of alkyl halides is 3. The van der Waals surface area contributed by atoms with E-state index in [0.29, 0.717) is 22.9 Å². The van der Waals surface area contributed by atoms with Gasteiger partial charge in [0.2, 0.25) is 0 Å². The molecule has 3 nitrogen and oxygen atoms in total. The van der Waals surface area contributed by atoms with Crippen molar-refractivity contribution in [3.05, 3.63) is 16.1 Å². The van der Waals surface area contributed by atoms with E-state index in [1.807, 2.05) is 0 Å². The van der Waals surface area contributed by atoms with E-state index in [1.165, 1.54) is 0 Å². The van der Waals surface area contributed by atoms with Crippen molar-refractivity contribution in [2.75, 3.05) is 13.1 Å². The number of likely N-dealkylation sites (tertiary alicyclic amines) is 1. The smallest absolute Gasteiger partial charge is 0.327 e. The van der Waals surface area contributed by atoms with Crippen molar-refractivity contribution < 1.29 is 13.2 Å². The minimum atomic E-state index is -4.28. The lowest BCUT2D eigenvalue weighted by Gasteiger charge is -2.29. The molecule has 0 saturated carbocycles. The highest BCUT2D eigenvalue weighted by Crippen LogP contribution is 2.33. The topological polar surface area (TPSA) is 42.1 Å². The SMILES string of the molecule is Cl.N[C@@H]1CCCN(Cc2ncc(C(F)(F)F)s2)C1. The second-order valence-corrected chi connectivity index (χ2v) is 5.37. The van der Waals surface area contributed by atoms with Crippen LogP contribution in [0, 0.1) is 0 Å². The van der Waals surface area contributed by atoms with E-state index < -0.39 is 11.1 Å². The Morgan fingerprint density at radius 2 is 2.22 bits per heavy atom. The Balaban J connectivity index is 0.00000162. The molecule has 0 unspecified atom stereocenters. The number of hydrogen-bond acceptors (Lipinski definition) is 4. The molecule has 0 amide bonds. The Bertz CT molecular complexity index is 383. The summed E-state index contributed by atoms with van der Waals surface area (Å²) in [5, 5.41) is 0.506. The van der Waals surface area contributed by atoms with Gasteiger partial charge in [-0.05, 0) is 19.4 Å². The van der Waals surface area contributed by atoms with Crippen LogP contribution in [-0.2, 0) is 12.7 Å². The Morgan fingerprint density at radius 3 is 2.78 bits per heavy atom. The van der Waals surface area contributed by atoms with Crippen LogP contribution in [0.4, 0.5) is 13.2 Å². The van der Waals surface area contributed by atoms with E-state index in [0.717, 1.165) is 32.1 Å². The van der Waals surface area contributed by atoms with Gasteiger partial charge in [-0.15, -0.1) is 23.7 Å². The van der Waals surface area contributed by atoms with Crippen LogP contribution in [0.25, 0.3) is 0 Å². The molecule has 1 saturated heterocycles. The highest BCUT2D eigenvalue weighted by molar-refractivity contribution is 7.11. The zero-order valence-electron chi connectivity index (χ0n) is 9.61. The van der Waals surface area contributed by atoms with Crippen molar-refractivity contribution in [1.29, 1.82) is 0 Å². The molecule has 1 atom stereocenters. The quantitative estimate of drug-likeness (QED) is 0.912. The van der Waals surface area contributed by atoms with Gasteiger partial charge in [0, 0.05) is 12.6 Å². The van der Waals surface area contributed by atoms with Gasteiger partial charge in [-0.3, -0.25) is 4.90 Å². The number of hydrogen-bond donors (Lipinski definition) is 1. The Morgan fingerprint density at radius 1 is 1.50 bits per heavy atom. The fraction of sp³-hybridized carbons (Fsp3) is 0.700. The van der Waals surface area contributed by atoms with Gasteiger partial charge in [0.05, 0.1) is 12.7 Å². The van der Waals surface area contributed by atoms with Crippen molar-refractivity contribution in [2.24, 2.45) is 5.73 Å². The minimum absolute atomic E-state index is 0. The van der Waals surface area contributed by atoms with E-state index >= 15 is 0 Å². The van der Waals surface area contributed by atoms with Gasteiger partial charge < -0.3 is 5.73 Å². The van der Waals surface area contributed by atoms with Gasteiger partial charge in [0.1, 0.15) is 9.88 Å². The van der Waals surface area contributed by atoms with E-state index in [1.54, 1.807) is 0 Å². The monoisotopic (exact) mass is 301 g/mol. The van der Waals surface area contributed by atoms with Crippen LogP contribution in [0.5, 0.6) is 0 Å². The number of aromatic nitrogens is 1. The maximum Gasteiger partial charge on any atom is 0.427 e. The standard InChI is InChI=1S/C10H14F3N3S.ClH/c11-10(12,13)8-4-15-9(17-8)6-16-3-1-2-7(14)5-16;/h4,7H,1-3,5-6,14H2;1H/t7-;/m1./s1. The molecule has 2 rings (SSSR count). The first-order valence-corrected chi connectivity index (χ1v) is 6.26. The van der Waals surface area contributed by atoms with Crippen LogP contribution < -0.4 is 5.73 Å². The molecule has 1 aromatic heterocycles. The van der Waals surface area contributed by atoms with Crippen LogP contribution in [0.2, 0.25) is 0 Å². The molecule has 0 aliphatic carbocycles. The molecule has 2 heterocycles. The predicted octanol–water partition coefficient (Wildman–Crippen LogP) is 2.51. The summed E-state index contributed by atoms with van der Waals surface area (Å²) in [4.78, 5) is 5.25. The molecule has 104 valence electrons. The van der Waals surface area contributed by atoms with Crippen molar-refractivity contribution in [2.45, 2.75) is 31.6 Å². The number of nitrogens with zero attached hydrogens (tertiary/aromatic N) is 2. The zero-order chi connectivity index (χ0) is 12.5. The lowest BCUT2D eigenvalue weighted by Crippen LogP contribution is -2.42. The average molecular weight is 302 g/mol. The van der Waals surface area contributed by atoms with Crippen molar-refractivity contribution in [1.82, 2.24) is 9.88 Å². The van der Waals surface area contributed by atoms with Gasteiger partial charge in [0.25, 0.3) is 0 Å². The Hall–Kier alpha value is -0.370. The van der Waals surface area contributed by atoms with Crippen molar-refractivity contribution in [3.8, 4) is 0 Å². The first-order chi connectivity index (χ1) is 7.95. The summed E-state index contributed by atoms with van der Waals surface area (Å²) in [7, 11) is 0. The van der Waals surface area contributed by atoms with Crippen LogP contribution in [0.1, 0.15) is 22.7 Å². The van der Waals surface area contributed by atoms with E-state index in [9.17, 15) is 13.2 Å². The second-order valence-electron chi connectivity index (χ2n) is 4.25. The largest absolute Gasteiger partial charge is 0.427 e. The number of rotatable bonds is 2. The third-order valence-corrected chi connectivity index (χ3v) is 3.76. The lowest BCUT2D eigenvalue weighted by molar-refractivity contribution is -0.134. The molecule has 0 aromatic carbocycles. The fourth-order valence-electron chi connectivity index (χ4n) is 1.94. The average Bonchev–Trinajstić information content (AvgIpc) is 2.65. The lowest BCUT2D eigenvalue weighted by atomic mass is 10.1. The summed E-state index contributed by atoms with van der Waals surface area (Å²) < 4.78 is 37.1. The summed E-state index contributed by atoms with van der Waals surface area (Å²) >= 11 is 0.716. The normalized spacial score (nSPS) is 21.7. The van der Waals surface area contributed by atoms with Gasteiger partial charge in [-0.2, -0.15) is 13.2 Å². The molecule has 1 aliphatic rings. The number of thiazole rings is 1.